The fourth-order valence-corrected chi connectivity index (χ4v) is 5.60. The van der Waals surface area contributed by atoms with Gasteiger partial charge in [0.15, 0.2) is 0 Å². The predicted octanol–water partition coefficient (Wildman–Crippen LogP) is 2.95. The maximum absolute atomic E-state index is 13.0. The molecule has 4 nitrogen and oxygen atoms in total. The topological polar surface area (TPSA) is 54.5 Å². The average Bonchev–Trinajstić information content (AvgIpc) is 2.25. The summed E-state index contributed by atoms with van der Waals surface area (Å²) < 4.78 is 26.0. The first-order chi connectivity index (χ1) is 8.60. The number of sulfonamides is 1. The molecule has 0 aromatic heterocycles. The van der Waals surface area contributed by atoms with Gasteiger partial charge in [0.05, 0.1) is 10.3 Å². The van der Waals surface area contributed by atoms with E-state index < -0.39 is 37.0 Å². The highest BCUT2D eigenvalue weighted by atomic mass is 32.2. The van der Waals surface area contributed by atoms with Crippen LogP contribution in [0.3, 0.4) is 0 Å². The van der Waals surface area contributed by atoms with Crippen molar-refractivity contribution >= 4 is 15.9 Å². The molecule has 0 aromatic carbocycles. The third-order valence-electron chi connectivity index (χ3n) is 6.36. The van der Waals surface area contributed by atoms with Gasteiger partial charge >= 0.3 is 0 Å². The summed E-state index contributed by atoms with van der Waals surface area (Å²) in [5, 5.41) is 0. The molecule has 116 valence electrons. The van der Waals surface area contributed by atoms with Crippen LogP contribution in [-0.4, -0.2) is 28.9 Å². The second-order valence-corrected chi connectivity index (χ2v) is 9.97. The highest BCUT2D eigenvalue weighted by Crippen LogP contribution is 2.61. The van der Waals surface area contributed by atoms with E-state index in [1.54, 1.807) is 13.8 Å². The van der Waals surface area contributed by atoms with Gasteiger partial charge in [-0.15, -0.1) is 0 Å². The summed E-state index contributed by atoms with van der Waals surface area (Å²) in [6.45, 7) is 18.4. The third kappa shape index (κ3) is 1.59. The molecule has 0 aromatic rings. The Kier molecular flexibility index (Phi) is 3.52. The van der Waals surface area contributed by atoms with Gasteiger partial charge in [-0.1, -0.05) is 34.3 Å². The second kappa shape index (κ2) is 4.09. The first-order valence-corrected chi connectivity index (χ1v) is 8.26. The minimum Gasteiger partial charge on any atom is -0.269 e. The predicted molar refractivity (Wildman–Crippen MR) is 81.7 cm³/mol. The van der Waals surface area contributed by atoms with E-state index >= 15 is 0 Å². The van der Waals surface area contributed by atoms with Crippen LogP contribution in [0.25, 0.3) is 0 Å². The Morgan fingerprint density at radius 2 is 1.35 bits per heavy atom. The average molecular weight is 301 g/mol. The molecule has 1 aliphatic rings. The van der Waals surface area contributed by atoms with Crippen molar-refractivity contribution < 1.29 is 13.2 Å². The fraction of sp³-hybridized carbons (Fsp3) is 0.800. The van der Waals surface area contributed by atoms with Crippen molar-refractivity contribution in [3.8, 4) is 0 Å². The standard InChI is InChI=1S/C15H27NO3S/c1-10-11(17)16-14(6,7)12(2,3)13(4,5)15(8,9)20(16,18)19/h10H,1H2,2-9H3. The van der Waals surface area contributed by atoms with Crippen molar-refractivity contribution in [2.75, 3.05) is 0 Å². The molecule has 20 heavy (non-hydrogen) atoms. The second-order valence-electron chi connectivity index (χ2n) is 7.63. The molecule has 0 radical (unpaired) electrons. The lowest BCUT2D eigenvalue weighted by atomic mass is 9.54. The molecular weight excluding hydrogens is 274 g/mol. The summed E-state index contributed by atoms with van der Waals surface area (Å²) in [7, 11) is -3.79. The third-order valence-corrected chi connectivity index (χ3v) is 9.28. The zero-order valence-electron chi connectivity index (χ0n) is 13.9. The molecule has 1 amide bonds. The quantitative estimate of drug-likeness (QED) is 0.700. The smallest absolute Gasteiger partial charge is 0.259 e. The minimum atomic E-state index is -3.79. The van der Waals surface area contributed by atoms with Gasteiger partial charge in [0.25, 0.3) is 5.91 Å². The Morgan fingerprint density at radius 1 is 0.950 bits per heavy atom. The van der Waals surface area contributed by atoms with E-state index in [0.29, 0.717) is 0 Å². The first kappa shape index (κ1) is 17.2. The van der Waals surface area contributed by atoms with Crippen LogP contribution in [0.4, 0.5) is 0 Å². The lowest BCUT2D eigenvalue weighted by Crippen LogP contribution is -2.75. The van der Waals surface area contributed by atoms with E-state index in [-0.39, 0.29) is 0 Å². The SMILES string of the molecule is C=CC(=O)N1C(C)(C)C(C)(C)C(C)(C)C(C)(C)S1(=O)=O. The van der Waals surface area contributed by atoms with Crippen LogP contribution in [0.2, 0.25) is 0 Å². The molecule has 0 unspecified atom stereocenters. The Labute approximate surface area is 123 Å². The van der Waals surface area contributed by atoms with Crippen LogP contribution in [0.15, 0.2) is 12.7 Å². The summed E-state index contributed by atoms with van der Waals surface area (Å²) in [6.07, 6.45) is 1.07. The number of nitrogens with zero attached hydrogens (tertiary/aromatic N) is 1. The number of rotatable bonds is 1. The molecule has 0 saturated carbocycles. The highest BCUT2D eigenvalue weighted by molar-refractivity contribution is 7.91. The van der Waals surface area contributed by atoms with Gasteiger partial charge in [0.2, 0.25) is 10.0 Å². The van der Waals surface area contributed by atoms with Crippen LogP contribution < -0.4 is 0 Å². The molecule has 0 spiro atoms. The van der Waals surface area contributed by atoms with Crippen molar-refractivity contribution in [2.24, 2.45) is 10.8 Å². The van der Waals surface area contributed by atoms with Gasteiger partial charge in [-0.2, -0.15) is 0 Å². The Balaban J connectivity index is 3.83. The van der Waals surface area contributed by atoms with Crippen molar-refractivity contribution in [3.63, 3.8) is 0 Å². The van der Waals surface area contributed by atoms with Crippen molar-refractivity contribution in [2.45, 2.75) is 65.7 Å². The Hall–Kier alpha value is -0.840. The van der Waals surface area contributed by atoms with Gasteiger partial charge < -0.3 is 0 Å². The molecule has 0 aliphatic carbocycles. The molecule has 0 bridgehead atoms. The normalized spacial score (nSPS) is 28.7. The molecule has 1 fully saturated rings. The van der Waals surface area contributed by atoms with E-state index in [1.807, 2.05) is 41.5 Å². The van der Waals surface area contributed by atoms with E-state index in [4.69, 9.17) is 0 Å². The number of carbonyl (C=O) groups excluding carboxylic acids is 1. The minimum absolute atomic E-state index is 0.409. The molecule has 5 heteroatoms. The van der Waals surface area contributed by atoms with E-state index in [9.17, 15) is 13.2 Å². The first-order valence-electron chi connectivity index (χ1n) is 6.82. The summed E-state index contributed by atoms with van der Waals surface area (Å²) in [5.41, 5.74) is -1.76. The Morgan fingerprint density at radius 3 is 1.70 bits per heavy atom. The van der Waals surface area contributed by atoms with E-state index in [2.05, 4.69) is 6.58 Å². The summed E-state index contributed by atoms with van der Waals surface area (Å²) in [4.78, 5) is 12.2. The zero-order chi connectivity index (χ0) is 16.4. The van der Waals surface area contributed by atoms with Gasteiger partial charge in [0.1, 0.15) is 0 Å². The summed E-state index contributed by atoms with van der Waals surface area (Å²) in [6, 6.07) is 0. The van der Waals surface area contributed by atoms with Crippen LogP contribution in [0.5, 0.6) is 0 Å². The highest BCUT2D eigenvalue weighted by Gasteiger charge is 2.69. The van der Waals surface area contributed by atoms with Crippen LogP contribution in [0, 0.1) is 10.8 Å². The fourth-order valence-electron chi connectivity index (χ4n) is 3.10. The molecule has 1 saturated heterocycles. The summed E-state index contributed by atoms with van der Waals surface area (Å²) >= 11 is 0. The van der Waals surface area contributed by atoms with Crippen LogP contribution >= 0.6 is 0 Å². The van der Waals surface area contributed by atoms with Crippen molar-refractivity contribution in [3.05, 3.63) is 12.7 Å². The largest absolute Gasteiger partial charge is 0.269 e. The number of carbonyl (C=O) groups is 1. The molecule has 1 aliphatic heterocycles. The van der Waals surface area contributed by atoms with E-state index in [0.717, 1.165) is 10.4 Å². The number of amides is 1. The molecule has 1 rings (SSSR count). The molecule has 0 atom stereocenters. The number of hydrogen-bond acceptors (Lipinski definition) is 3. The number of hydrogen-bond donors (Lipinski definition) is 0. The van der Waals surface area contributed by atoms with Crippen LogP contribution in [0.1, 0.15) is 55.4 Å². The van der Waals surface area contributed by atoms with E-state index in [1.165, 1.54) is 0 Å². The lowest BCUT2D eigenvalue weighted by Gasteiger charge is -2.65. The van der Waals surface area contributed by atoms with Gasteiger partial charge in [-0.05, 0) is 44.6 Å². The van der Waals surface area contributed by atoms with Gasteiger partial charge in [-0.25, -0.2) is 12.7 Å². The van der Waals surface area contributed by atoms with Crippen LogP contribution in [-0.2, 0) is 14.8 Å². The summed E-state index contributed by atoms with van der Waals surface area (Å²) in [5.74, 6) is -0.563. The maximum atomic E-state index is 13.0. The van der Waals surface area contributed by atoms with Crippen molar-refractivity contribution in [1.82, 2.24) is 4.31 Å². The van der Waals surface area contributed by atoms with Crippen molar-refractivity contribution in [1.29, 1.82) is 0 Å². The molecule has 0 N–H and O–H groups in total. The van der Waals surface area contributed by atoms with Gasteiger partial charge in [0, 0.05) is 0 Å². The monoisotopic (exact) mass is 301 g/mol. The Bertz CT molecular complexity index is 554. The van der Waals surface area contributed by atoms with Gasteiger partial charge in [-0.3, -0.25) is 4.79 Å². The molecule has 1 heterocycles. The zero-order valence-corrected chi connectivity index (χ0v) is 14.7. The lowest BCUT2D eigenvalue weighted by molar-refractivity contribution is -0.136. The maximum Gasteiger partial charge on any atom is 0.259 e. The molecular formula is C15H27NO3S.